The molecule has 2 aromatic rings. The zero-order valence-electron chi connectivity index (χ0n) is 15.4. The lowest BCUT2D eigenvalue weighted by molar-refractivity contribution is 0.447. The van der Waals surface area contributed by atoms with Crippen LogP contribution < -0.4 is 15.5 Å². The van der Waals surface area contributed by atoms with E-state index in [1.54, 1.807) is 0 Å². The van der Waals surface area contributed by atoms with Crippen LogP contribution in [0.1, 0.15) is 30.9 Å². The number of benzene rings is 2. The van der Waals surface area contributed by atoms with Gasteiger partial charge in [-0.3, -0.25) is 0 Å². The lowest BCUT2D eigenvalue weighted by atomic mass is 9.99. The molecule has 1 aliphatic heterocycles. The molecule has 26 heavy (non-hydrogen) atoms. The van der Waals surface area contributed by atoms with Crippen molar-refractivity contribution in [3.05, 3.63) is 58.1 Å². The highest BCUT2D eigenvalue weighted by atomic mass is 79.9. The van der Waals surface area contributed by atoms with Gasteiger partial charge >= 0.3 is 0 Å². The van der Waals surface area contributed by atoms with Gasteiger partial charge in [-0.15, -0.1) is 0 Å². The molecule has 0 radical (unpaired) electrons. The molecule has 0 spiro atoms. The van der Waals surface area contributed by atoms with Crippen molar-refractivity contribution in [1.29, 1.82) is 0 Å². The Hall–Kier alpha value is -1.59. The predicted molar refractivity (Wildman–Crippen MR) is 119 cm³/mol. The first kappa shape index (κ1) is 19.2. The van der Waals surface area contributed by atoms with Gasteiger partial charge in [0, 0.05) is 35.5 Å². The molecule has 0 saturated carbocycles. The Morgan fingerprint density at radius 3 is 2.69 bits per heavy atom. The second-order valence-electron chi connectivity index (χ2n) is 7.13. The number of thiocarbonyl (C=S) groups is 1. The van der Waals surface area contributed by atoms with E-state index < -0.39 is 0 Å². The van der Waals surface area contributed by atoms with Crippen molar-refractivity contribution in [3.8, 4) is 0 Å². The number of hydrogen-bond acceptors (Lipinski definition) is 2. The fraction of sp³-hybridized carbons (Fsp3) is 0.381. The highest BCUT2D eigenvalue weighted by Gasteiger charge is 2.16. The molecule has 0 aromatic heterocycles. The zero-order chi connectivity index (χ0) is 18.5. The fourth-order valence-corrected chi connectivity index (χ4v) is 3.77. The van der Waals surface area contributed by atoms with Gasteiger partial charge in [-0.2, -0.15) is 0 Å². The Balaban J connectivity index is 1.51. The number of nitrogens with one attached hydrogen (secondary N) is 2. The van der Waals surface area contributed by atoms with Crippen LogP contribution in [-0.2, 0) is 6.54 Å². The predicted octanol–water partition coefficient (Wildman–Crippen LogP) is 5.48. The summed E-state index contributed by atoms with van der Waals surface area (Å²) in [5.74, 6) is 0.788. The smallest absolute Gasteiger partial charge is 0.171 e. The van der Waals surface area contributed by atoms with E-state index in [-0.39, 0.29) is 0 Å². The van der Waals surface area contributed by atoms with Gasteiger partial charge < -0.3 is 15.5 Å². The molecule has 1 atom stereocenters. The number of aryl methyl sites for hydroxylation is 1. The summed E-state index contributed by atoms with van der Waals surface area (Å²) in [6.45, 7) is 7.46. The van der Waals surface area contributed by atoms with Crippen molar-refractivity contribution in [3.63, 3.8) is 0 Å². The minimum atomic E-state index is 0.639. The second-order valence-corrected chi connectivity index (χ2v) is 8.39. The SMILES string of the molecule is Cc1cc(NC(=S)NCc2ccc(N3CCC[C@H](C)C3)cc2)ccc1Br. The van der Waals surface area contributed by atoms with Crippen molar-refractivity contribution >= 4 is 44.6 Å². The van der Waals surface area contributed by atoms with Crippen LogP contribution in [0.5, 0.6) is 0 Å². The molecular weight excluding hydrogens is 406 g/mol. The normalized spacial score (nSPS) is 17.0. The minimum absolute atomic E-state index is 0.639. The Morgan fingerprint density at radius 2 is 2.00 bits per heavy atom. The number of hydrogen-bond donors (Lipinski definition) is 2. The summed E-state index contributed by atoms with van der Waals surface area (Å²) in [5.41, 5.74) is 4.74. The topological polar surface area (TPSA) is 27.3 Å². The Bertz CT molecular complexity index is 760. The van der Waals surface area contributed by atoms with Crippen LogP contribution in [0.3, 0.4) is 0 Å². The minimum Gasteiger partial charge on any atom is -0.371 e. The molecule has 1 aliphatic rings. The van der Waals surface area contributed by atoms with Crippen LogP contribution in [0.4, 0.5) is 11.4 Å². The maximum Gasteiger partial charge on any atom is 0.171 e. The maximum absolute atomic E-state index is 5.41. The maximum atomic E-state index is 5.41. The first-order chi connectivity index (χ1) is 12.5. The summed E-state index contributed by atoms with van der Waals surface area (Å²) in [6, 6.07) is 14.9. The molecule has 138 valence electrons. The highest BCUT2D eigenvalue weighted by molar-refractivity contribution is 9.10. The van der Waals surface area contributed by atoms with Crippen LogP contribution >= 0.6 is 28.1 Å². The van der Waals surface area contributed by atoms with Gasteiger partial charge in [-0.05, 0) is 79.4 Å². The van der Waals surface area contributed by atoms with E-state index in [9.17, 15) is 0 Å². The number of anilines is 2. The summed E-state index contributed by atoms with van der Waals surface area (Å²) >= 11 is 8.93. The number of rotatable bonds is 4. The second kappa shape index (κ2) is 8.87. The third-order valence-corrected chi connectivity index (χ3v) is 5.96. The largest absolute Gasteiger partial charge is 0.371 e. The molecule has 0 bridgehead atoms. The first-order valence-electron chi connectivity index (χ1n) is 9.16. The summed E-state index contributed by atoms with van der Waals surface area (Å²) in [4.78, 5) is 2.49. The van der Waals surface area contributed by atoms with E-state index in [0.717, 1.165) is 29.2 Å². The summed E-state index contributed by atoms with van der Waals surface area (Å²) in [5, 5.41) is 7.16. The van der Waals surface area contributed by atoms with Gasteiger partial charge in [-0.25, -0.2) is 0 Å². The number of piperidine rings is 1. The molecule has 0 aliphatic carbocycles. The standard InChI is InChI=1S/C21H26BrN3S/c1-15-4-3-11-25(14-15)19-8-5-17(6-9-19)13-23-21(26)24-18-7-10-20(22)16(2)12-18/h5-10,12,15H,3-4,11,13-14H2,1-2H3,(H2,23,24,26)/t15-/m0/s1. The van der Waals surface area contributed by atoms with E-state index >= 15 is 0 Å². The van der Waals surface area contributed by atoms with Crippen molar-refractivity contribution in [2.45, 2.75) is 33.2 Å². The zero-order valence-corrected chi connectivity index (χ0v) is 17.8. The van der Waals surface area contributed by atoms with Crippen LogP contribution in [0.15, 0.2) is 46.9 Å². The van der Waals surface area contributed by atoms with E-state index in [0.29, 0.717) is 5.11 Å². The number of nitrogens with zero attached hydrogens (tertiary/aromatic N) is 1. The van der Waals surface area contributed by atoms with Gasteiger partial charge in [0.05, 0.1) is 0 Å². The van der Waals surface area contributed by atoms with Crippen LogP contribution in [-0.4, -0.2) is 18.2 Å². The summed E-state index contributed by atoms with van der Waals surface area (Å²) in [7, 11) is 0. The van der Waals surface area contributed by atoms with Gasteiger partial charge in [0.2, 0.25) is 0 Å². The Labute approximate surface area is 170 Å². The third-order valence-electron chi connectivity index (χ3n) is 4.83. The third kappa shape index (κ3) is 5.21. The molecule has 5 heteroatoms. The van der Waals surface area contributed by atoms with Crippen LogP contribution in [0, 0.1) is 12.8 Å². The number of halogens is 1. The Kier molecular flexibility index (Phi) is 6.54. The highest BCUT2D eigenvalue weighted by Crippen LogP contribution is 2.23. The summed E-state index contributed by atoms with van der Waals surface area (Å²) < 4.78 is 1.10. The van der Waals surface area contributed by atoms with Crippen molar-refractivity contribution in [1.82, 2.24) is 5.32 Å². The molecular formula is C21H26BrN3S. The van der Waals surface area contributed by atoms with Crippen LogP contribution in [0.2, 0.25) is 0 Å². The van der Waals surface area contributed by atoms with E-state index in [4.69, 9.17) is 12.2 Å². The van der Waals surface area contributed by atoms with Gasteiger partial charge in [0.15, 0.2) is 5.11 Å². The van der Waals surface area contributed by atoms with Crippen LogP contribution in [0.25, 0.3) is 0 Å². The molecule has 2 aromatic carbocycles. The molecule has 0 unspecified atom stereocenters. The Morgan fingerprint density at radius 1 is 1.23 bits per heavy atom. The molecule has 0 amide bonds. The van der Waals surface area contributed by atoms with Crippen molar-refractivity contribution < 1.29 is 0 Å². The van der Waals surface area contributed by atoms with Gasteiger partial charge in [0.25, 0.3) is 0 Å². The van der Waals surface area contributed by atoms with Gasteiger partial charge in [-0.1, -0.05) is 35.0 Å². The van der Waals surface area contributed by atoms with E-state index in [1.807, 2.05) is 12.1 Å². The van der Waals surface area contributed by atoms with E-state index in [2.05, 4.69) is 75.6 Å². The lowest BCUT2D eigenvalue weighted by Gasteiger charge is -2.32. The van der Waals surface area contributed by atoms with Crippen molar-refractivity contribution in [2.24, 2.45) is 5.92 Å². The molecule has 1 fully saturated rings. The molecule has 3 rings (SSSR count). The average molecular weight is 432 g/mol. The monoisotopic (exact) mass is 431 g/mol. The van der Waals surface area contributed by atoms with Crippen molar-refractivity contribution in [2.75, 3.05) is 23.3 Å². The quantitative estimate of drug-likeness (QED) is 0.626. The molecule has 1 heterocycles. The molecule has 3 nitrogen and oxygen atoms in total. The van der Waals surface area contributed by atoms with Gasteiger partial charge in [0.1, 0.15) is 0 Å². The average Bonchev–Trinajstić information content (AvgIpc) is 2.63. The first-order valence-corrected chi connectivity index (χ1v) is 10.4. The molecule has 2 N–H and O–H groups in total. The fourth-order valence-electron chi connectivity index (χ4n) is 3.33. The van der Waals surface area contributed by atoms with E-state index in [1.165, 1.54) is 36.2 Å². The summed E-state index contributed by atoms with van der Waals surface area (Å²) in [6.07, 6.45) is 2.64. The lowest BCUT2D eigenvalue weighted by Crippen LogP contribution is -2.34. The molecule has 1 saturated heterocycles.